The van der Waals surface area contributed by atoms with Gasteiger partial charge in [-0.1, -0.05) is 24.3 Å². The highest BCUT2D eigenvalue weighted by Crippen LogP contribution is 2.17. The third kappa shape index (κ3) is 4.56. The number of carbonyl (C=O) groups excluding carboxylic acids is 2. The van der Waals surface area contributed by atoms with Gasteiger partial charge in [-0.15, -0.1) is 0 Å². The predicted octanol–water partition coefficient (Wildman–Crippen LogP) is 1.16. The lowest BCUT2D eigenvalue weighted by Gasteiger charge is -2.18. The lowest BCUT2D eigenvalue weighted by Crippen LogP contribution is -2.27. The number of nitrogens with one attached hydrogen (secondary N) is 1. The monoisotopic (exact) mass is 289 g/mol. The maximum Gasteiger partial charge on any atom is 0.222 e. The Labute approximate surface area is 125 Å². The van der Waals surface area contributed by atoms with Crippen molar-refractivity contribution in [2.24, 2.45) is 5.73 Å². The van der Waals surface area contributed by atoms with Gasteiger partial charge in [0.25, 0.3) is 0 Å². The summed E-state index contributed by atoms with van der Waals surface area (Å²) in [7, 11) is 0. The first-order chi connectivity index (χ1) is 10.2. The van der Waals surface area contributed by atoms with E-state index in [4.69, 9.17) is 5.73 Å². The van der Waals surface area contributed by atoms with E-state index in [1.54, 1.807) is 0 Å². The molecule has 5 nitrogen and oxygen atoms in total. The van der Waals surface area contributed by atoms with Gasteiger partial charge in [-0.2, -0.15) is 0 Å². The lowest BCUT2D eigenvalue weighted by molar-refractivity contribution is -0.128. The van der Waals surface area contributed by atoms with Crippen LogP contribution in [0, 0.1) is 0 Å². The van der Waals surface area contributed by atoms with Crippen molar-refractivity contribution in [3.63, 3.8) is 0 Å². The van der Waals surface area contributed by atoms with Gasteiger partial charge in [0.05, 0.1) is 0 Å². The Morgan fingerprint density at radius 3 is 2.71 bits per heavy atom. The van der Waals surface area contributed by atoms with Gasteiger partial charge in [0.1, 0.15) is 0 Å². The molecule has 1 saturated heterocycles. The molecule has 3 N–H and O–H groups in total. The van der Waals surface area contributed by atoms with Gasteiger partial charge in [0.15, 0.2) is 0 Å². The molecule has 1 fully saturated rings. The number of nitrogens with zero attached hydrogens (tertiary/aromatic N) is 1. The molecule has 1 aliphatic heterocycles. The molecule has 2 amide bonds. The van der Waals surface area contributed by atoms with Gasteiger partial charge in [0, 0.05) is 32.5 Å². The molecule has 0 spiro atoms. The maximum absolute atomic E-state index is 11.7. The minimum Gasteiger partial charge on any atom is -0.352 e. The Bertz CT molecular complexity index is 502. The van der Waals surface area contributed by atoms with E-state index < -0.39 is 0 Å². The first-order valence-corrected chi connectivity index (χ1v) is 7.52. The van der Waals surface area contributed by atoms with Crippen LogP contribution < -0.4 is 11.1 Å². The van der Waals surface area contributed by atoms with Crippen LogP contribution in [0.15, 0.2) is 24.3 Å². The fraction of sp³-hybridized carbons (Fsp3) is 0.500. The zero-order valence-corrected chi connectivity index (χ0v) is 12.3. The minimum absolute atomic E-state index is 0.0208. The molecule has 0 saturated carbocycles. The molecule has 21 heavy (non-hydrogen) atoms. The van der Waals surface area contributed by atoms with Crippen LogP contribution in [0.5, 0.6) is 0 Å². The van der Waals surface area contributed by atoms with Crippen molar-refractivity contribution in [1.82, 2.24) is 10.2 Å². The molecule has 1 aromatic carbocycles. The summed E-state index contributed by atoms with van der Waals surface area (Å²) in [5, 5.41) is 2.91. The Morgan fingerprint density at radius 2 is 2.05 bits per heavy atom. The van der Waals surface area contributed by atoms with Crippen molar-refractivity contribution in [3.8, 4) is 0 Å². The average Bonchev–Trinajstić information content (AvgIpc) is 2.89. The van der Waals surface area contributed by atoms with Gasteiger partial charge in [-0.3, -0.25) is 9.59 Å². The Morgan fingerprint density at radius 1 is 1.29 bits per heavy atom. The predicted molar refractivity (Wildman–Crippen MR) is 81.2 cm³/mol. The molecule has 1 aromatic rings. The van der Waals surface area contributed by atoms with Crippen molar-refractivity contribution in [2.75, 3.05) is 13.1 Å². The summed E-state index contributed by atoms with van der Waals surface area (Å²) < 4.78 is 0. The van der Waals surface area contributed by atoms with Crippen LogP contribution in [0.4, 0.5) is 0 Å². The number of hydrogen-bond donors (Lipinski definition) is 2. The number of carbonyl (C=O) groups is 2. The van der Waals surface area contributed by atoms with E-state index in [0.29, 0.717) is 38.9 Å². The molecule has 0 atom stereocenters. The summed E-state index contributed by atoms with van der Waals surface area (Å²) in [6.45, 7) is 2.49. The van der Waals surface area contributed by atoms with Gasteiger partial charge < -0.3 is 16.0 Å². The van der Waals surface area contributed by atoms with Gasteiger partial charge in [0.2, 0.25) is 11.8 Å². The number of likely N-dealkylation sites (tertiary alicyclic amines) is 1. The normalized spacial score (nSPS) is 14.5. The molecule has 0 radical (unpaired) electrons. The SMILES string of the molecule is NCCCC(=O)NCc1ccccc1CN1CCCC1=O. The molecular formula is C16H23N3O2. The molecule has 0 aromatic heterocycles. The molecule has 2 rings (SSSR count). The number of amides is 2. The summed E-state index contributed by atoms with van der Waals surface area (Å²) in [6.07, 6.45) is 2.76. The zero-order valence-electron chi connectivity index (χ0n) is 12.3. The summed E-state index contributed by atoms with van der Waals surface area (Å²) in [5.41, 5.74) is 7.57. The van der Waals surface area contributed by atoms with Crippen LogP contribution in [-0.4, -0.2) is 29.8 Å². The van der Waals surface area contributed by atoms with Crippen LogP contribution in [0.2, 0.25) is 0 Å². The third-order valence-electron chi connectivity index (χ3n) is 3.73. The van der Waals surface area contributed by atoms with E-state index in [0.717, 1.165) is 24.1 Å². The maximum atomic E-state index is 11.7. The van der Waals surface area contributed by atoms with Crippen molar-refractivity contribution >= 4 is 11.8 Å². The van der Waals surface area contributed by atoms with Crippen LogP contribution in [0.1, 0.15) is 36.8 Å². The van der Waals surface area contributed by atoms with Crippen LogP contribution in [0.25, 0.3) is 0 Å². The van der Waals surface area contributed by atoms with Crippen molar-refractivity contribution in [2.45, 2.75) is 38.8 Å². The van der Waals surface area contributed by atoms with E-state index in [-0.39, 0.29) is 11.8 Å². The van der Waals surface area contributed by atoms with E-state index >= 15 is 0 Å². The summed E-state index contributed by atoms with van der Waals surface area (Å²) in [4.78, 5) is 25.3. The smallest absolute Gasteiger partial charge is 0.222 e. The highest BCUT2D eigenvalue weighted by molar-refractivity contribution is 5.78. The average molecular weight is 289 g/mol. The van der Waals surface area contributed by atoms with E-state index in [2.05, 4.69) is 5.32 Å². The molecule has 114 valence electrons. The Hall–Kier alpha value is -1.88. The minimum atomic E-state index is 0.0208. The van der Waals surface area contributed by atoms with Gasteiger partial charge in [-0.05, 0) is 30.5 Å². The second-order valence-corrected chi connectivity index (χ2v) is 5.36. The van der Waals surface area contributed by atoms with Crippen LogP contribution in [-0.2, 0) is 22.7 Å². The molecule has 1 heterocycles. The van der Waals surface area contributed by atoms with E-state index in [1.807, 2.05) is 29.2 Å². The highest BCUT2D eigenvalue weighted by atomic mass is 16.2. The molecule has 1 aliphatic rings. The zero-order chi connectivity index (χ0) is 15.1. The fourth-order valence-corrected chi connectivity index (χ4v) is 2.51. The molecular weight excluding hydrogens is 266 g/mol. The van der Waals surface area contributed by atoms with E-state index in [9.17, 15) is 9.59 Å². The topological polar surface area (TPSA) is 75.4 Å². The molecule has 5 heteroatoms. The second-order valence-electron chi connectivity index (χ2n) is 5.36. The Kier molecular flexibility index (Phi) is 5.75. The van der Waals surface area contributed by atoms with Crippen molar-refractivity contribution < 1.29 is 9.59 Å². The molecule has 0 aliphatic carbocycles. The third-order valence-corrected chi connectivity index (χ3v) is 3.73. The van der Waals surface area contributed by atoms with Gasteiger partial charge >= 0.3 is 0 Å². The highest BCUT2D eigenvalue weighted by Gasteiger charge is 2.20. The largest absolute Gasteiger partial charge is 0.352 e. The number of nitrogens with two attached hydrogens (primary N) is 1. The Balaban J connectivity index is 1.93. The van der Waals surface area contributed by atoms with Gasteiger partial charge in [-0.25, -0.2) is 0 Å². The van der Waals surface area contributed by atoms with Crippen molar-refractivity contribution in [1.29, 1.82) is 0 Å². The van der Waals surface area contributed by atoms with Crippen molar-refractivity contribution in [3.05, 3.63) is 35.4 Å². The first kappa shape index (κ1) is 15.5. The number of hydrogen-bond acceptors (Lipinski definition) is 3. The van der Waals surface area contributed by atoms with E-state index in [1.165, 1.54) is 0 Å². The van der Waals surface area contributed by atoms with Crippen LogP contribution in [0.3, 0.4) is 0 Å². The summed E-state index contributed by atoms with van der Waals surface area (Å²) >= 11 is 0. The lowest BCUT2D eigenvalue weighted by atomic mass is 10.1. The number of rotatable bonds is 7. The van der Waals surface area contributed by atoms with Crippen LogP contribution >= 0.6 is 0 Å². The molecule has 0 bridgehead atoms. The quantitative estimate of drug-likeness (QED) is 0.791. The number of benzene rings is 1. The molecule has 0 unspecified atom stereocenters. The first-order valence-electron chi connectivity index (χ1n) is 7.52. The standard InChI is InChI=1S/C16H23N3O2/c17-9-3-7-15(20)18-11-13-5-1-2-6-14(13)12-19-10-4-8-16(19)21/h1-2,5-6H,3-4,7-12,17H2,(H,18,20). The fourth-order valence-electron chi connectivity index (χ4n) is 2.51. The summed E-state index contributed by atoms with van der Waals surface area (Å²) in [5.74, 6) is 0.240. The summed E-state index contributed by atoms with van der Waals surface area (Å²) in [6, 6.07) is 7.94. The second kappa shape index (κ2) is 7.78.